The van der Waals surface area contributed by atoms with Gasteiger partial charge in [-0.15, -0.1) is 10.2 Å². The minimum absolute atomic E-state index is 0.109. The van der Waals surface area contributed by atoms with Crippen molar-refractivity contribution in [1.29, 1.82) is 0 Å². The minimum Gasteiger partial charge on any atom is -0.506 e. The summed E-state index contributed by atoms with van der Waals surface area (Å²) in [5, 5.41) is 27.7. The molecule has 0 aliphatic carbocycles. The summed E-state index contributed by atoms with van der Waals surface area (Å²) in [6.07, 6.45) is 10.9. The van der Waals surface area contributed by atoms with E-state index >= 15 is 0 Å². The molecule has 3 N–H and O–H groups in total. The van der Waals surface area contributed by atoms with Gasteiger partial charge in [0.1, 0.15) is 11.5 Å². The molecule has 0 radical (unpaired) electrons. The SMILES string of the molecule is C=C/C=C(O)\C(=C/C=C)N=Nc1c(O)[nH]c(/C=C\C)c1C=C.CC.CC. The molecule has 1 aromatic rings. The third-order valence-corrected chi connectivity index (χ3v) is 2.63. The highest BCUT2D eigenvalue weighted by Gasteiger charge is 2.13. The van der Waals surface area contributed by atoms with Crippen molar-refractivity contribution < 1.29 is 10.2 Å². The van der Waals surface area contributed by atoms with Crippen LogP contribution in [-0.4, -0.2) is 15.2 Å². The number of nitrogens with one attached hydrogen (secondary N) is 1. The summed E-state index contributed by atoms with van der Waals surface area (Å²) in [4.78, 5) is 2.79. The molecule has 5 nitrogen and oxygen atoms in total. The smallest absolute Gasteiger partial charge is 0.218 e. The molecule has 1 rings (SSSR count). The van der Waals surface area contributed by atoms with Crippen molar-refractivity contribution in [2.75, 3.05) is 0 Å². The van der Waals surface area contributed by atoms with Gasteiger partial charge in [0.2, 0.25) is 5.88 Å². The summed E-state index contributed by atoms with van der Waals surface area (Å²) in [5.41, 5.74) is 1.72. The van der Waals surface area contributed by atoms with E-state index in [4.69, 9.17) is 0 Å². The number of azo groups is 1. The number of hydrogen-bond acceptors (Lipinski definition) is 4. The molecule has 0 spiro atoms. The van der Waals surface area contributed by atoms with E-state index in [1.807, 2.05) is 40.7 Å². The average Bonchev–Trinajstić information content (AvgIpc) is 2.96. The predicted octanol–water partition coefficient (Wildman–Crippen LogP) is 7.23. The van der Waals surface area contributed by atoms with Gasteiger partial charge in [-0.3, -0.25) is 0 Å². The first-order chi connectivity index (χ1) is 12.6. The predicted molar refractivity (Wildman–Crippen MR) is 114 cm³/mol. The van der Waals surface area contributed by atoms with E-state index in [2.05, 4.69) is 34.9 Å². The Morgan fingerprint density at radius 3 is 2.08 bits per heavy atom. The quantitative estimate of drug-likeness (QED) is 0.273. The Morgan fingerprint density at radius 1 is 1.04 bits per heavy atom. The Morgan fingerprint density at radius 2 is 1.62 bits per heavy atom. The third-order valence-electron chi connectivity index (χ3n) is 2.63. The van der Waals surface area contributed by atoms with Crippen LogP contribution in [0.1, 0.15) is 45.9 Å². The van der Waals surface area contributed by atoms with Crippen LogP contribution in [0, 0.1) is 0 Å². The average molecular weight is 357 g/mol. The topological polar surface area (TPSA) is 81.0 Å². The second-order valence-corrected chi connectivity index (χ2v) is 4.13. The zero-order valence-corrected chi connectivity index (χ0v) is 16.5. The number of hydrogen-bond donors (Lipinski definition) is 3. The number of rotatable bonds is 7. The number of aliphatic hydroxyl groups excluding tert-OH is 1. The standard InChI is InChI=1S/C17H19N3O2.2C2H6/c1-5-9-13-12(8-4)16(17(22)18-13)20-19-14(10-6-2)15(21)11-7-3;2*1-2/h5-11,18,21-22H,2-4H2,1H3;2*1-2H3/b9-5-,14-10+,15-11+,20-19?;;. The Balaban J connectivity index is 0. The molecule has 0 aliphatic rings. The summed E-state index contributed by atoms with van der Waals surface area (Å²) >= 11 is 0. The fourth-order valence-electron chi connectivity index (χ4n) is 1.70. The Bertz CT molecular complexity index is 690. The van der Waals surface area contributed by atoms with Crippen LogP contribution in [0.3, 0.4) is 0 Å². The molecule has 5 heteroatoms. The van der Waals surface area contributed by atoms with E-state index in [0.717, 1.165) is 0 Å². The monoisotopic (exact) mass is 357 g/mol. The van der Waals surface area contributed by atoms with E-state index in [1.165, 1.54) is 24.3 Å². The molecule has 0 bridgehead atoms. The molecule has 142 valence electrons. The Labute approximate surface area is 157 Å². The lowest BCUT2D eigenvalue weighted by Gasteiger charge is -1.98. The molecule has 0 amide bonds. The number of H-pyrrole nitrogens is 1. The summed E-state index contributed by atoms with van der Waals surface area (Å²) in [5.74, 6) is -0.237. The number of allylic oxidation sites excluding steroid dienone is 5. The fraction of sp³-hybridized carbons (Fsp3) is 0.238. The molecular weight excluding hydrogens is 326 g/mol. The van der Waals surface area contributed by atoms with Gasteiger partial charge in [-0.25, -0.2) is 0 Å². The third kappa shape index (κ3) is 7.66. The molecule has 1 aromatic heterocycles. The molecule has 1 heterocycles. The second-order valence-electron chi connectivity index (χ2n) is 4.13. The van der Waals surface area contributed by atoms with Crippen LogP contribution in [0.25, 0.3) is 12.2 Å². The van der Waals surface area contributed by atoms with Gasteiger partial charge in [0.15, 0.2) is 5.69 Å². The molecule has 0 saturated heterocycles. The summed E-state index contributed by atoms with van der Waals surface area (Å²) < 4.78 is 0. The molecule has 0 saturated carbocycles. The van der Waals surface area contributed by atoms with Crippen LogP contribution in [0.15, 0.2) is 71.8 Å². The van der Waals surface area contributed by atoms with Crippen LogP contribution in [0.5, 0.6) is 5.88 Å². The highest BCUT2D eigenvalue weighted by atomic mass is 16.3. The number of aromatic nitrogens is 1. The lowest BCUT2D eigenvalue weighted by molar-refractivity contribution is 0.421. The van der Waals surface area contributed by atoms with Gasteiger partial charge < -0.3 is 15.2 Å². The maximum atomic E-state index is 9.93. The van der Waals surface area contributed by atoms with Crippen molar-refractivity contribution in [3.05, 3.63) is 72.8 Å². The van der Waals surface area contributed by atoms with Gasteiger partial charge >= 0.3 is 0 Å². The summed E-state index contributed by atoms with van der Waals surface area (Å²) in [6, 6.07) is 0. The van der Waals surface area contributed by atoms with Crippen LogP contribution >= 0.6 is 0 Å². The van der Waals surface area contributed by atoms with Crippen molar-refractivity contribution in [1.82, 2.24) is 4.98 Å². The van der Waals surface area contributed by atoms with Crippen LogP contribution < -0.4 is 0 Å². The van der Waals surface area contributed by atoms with E-state index < -0.39 is 0 Å². The fourth-order valence-corrected chi connectivity index (χ4v) is 1.70. The number of aliphatic hydroxyl groups is 1. The summed E-state index contributed by atoms with van der Waals surface area (Å²) in [7, 11) is 0. The largest absolute Gasteiger partial charge is 0.506 e. The van der Waals surface area contributed by atoms with Gasteiger partial charge in [0.05, 0.1) is 5.69 Å². The van der Waals surface area contributed by atoms with Gasteiger partial charge in [0.25, 0.3) is 0 Å². The van der Waals surface area contributed by atoms with Gasteiger partial charge in [-0.05, 0) is 25.2 Å². The maximum Gasteiger partial charge on any atom is 0.218 e. The first-order valence-corrected chi connectivity index (χ1v) is 8.55. The lowest BCUT2D eigenvalue weighted by atomic mass is 10.2. The highest BCUT2D eigenvalue weighted by Crippen LogP contribution is 2.35. The van der Waals surface area contributed by atoms with E-state index in [0.29, 0.717) is 11.3 Å². The first kappa shape index (κ1) is 25.2. The van der Waals surface area contributed by atoms with Crippen molar-refractivity contribution >= 4 is 17.8 Å². The van der Waals surface area contributed by atoms with Crippen LogP contribution in [0.4, 0.5) is 5.69 Å². The second kappa shape index (κ2) is 15.4. The number of aromatic hydroxyl groups is 1. The lowest BCUT2D eigenvalue weighted by Crippen LogP contribution is -1.83. The summed E-state index contributed by atoms with van der Waals surface area (Å²) in [6.45, 7) is 20.6. The van der Waals surface area contributed by atoms with Crippen LogP contribution in [-0.2, 0) is 0 Å². The van der Waals surface area contributed by atoms with E-state index in [-0.39, 0.29) is 23.0 Å². The molecule has 26 heavy (non-hydrogen) atoms. The van der Waals surface area contributed by atoms with E-state index in [9.17, 15) is 10.2 Å². The van der Waals surface area contributed by atoms with Crippen molar-refractivity contribution in [3.8, 4) is 5.88 Å². The molecular formula is C21H31N3O2. The van der Waals surface area contributed by atoms with Crippen molar-refractivity contribution in [3.63, 3.8) is 0 Å². The van der Waals surface area contributed by atoms with Crippen molar-refractivity contribution in [2.24, 2.45) is 10.2 Å². The number of nitrogens with zero attached hydrogens (tertiary/aromatic N) is 2. The molecule has 0 fully saturated rings. The van der Waals surface area contributed by atoms with Gasteiger partial charge in [0, 0.05) is 5.56 Å². The van der Waals surface area contributed by atoms with Gasteiger partial charge in [-0.2, -0.15) is 0 Å². The maximum absolute atomic E-state index is 9.93. The molecule has 0 unspecified atom stereocenters. The van der Waals surface area contributed by atoms with Crippen LogP contribution in [0.2, 0.25) is 0 Å². The first-order valence-electron chi connectivity index (χ1n) is 8.55. The van der Waals surface area contributed by atoms with E-state index in [1.54, 1.807) is 12.2 Å². The van der Waals surface area contributed by atoms with Crippen molar-refractivity contribution in [2.45, 2.75) is 34.6 Å². The highest BCUT2D eigenvalue weighted by molar-refractivity contribution is 5.76. The zero-order chi connectivity index (χ0) is 20.5. The number of aromatic amines is 1. The molecule has 0 aromatic carbocycles. The Kier molecular flexibility index (Phi) is 15.0. The molecule has 0 aliphatic heterocycles. The normalized spacial score (nSPS) is 11.4. The molecule has 0 atom stereocenters. The minimum atomic E-state index is -0.128. The zero-order valence-electron chi connectivity index (χ0n) is 16.5. The Hall–Kier alpha value is -3.08. The van der Waals surface area contributed by atoms with Gasteiger partial charge in [-0.1, -0.05) is 71.7 Å².